The van der Waals surface area contributed by atoms with Gasteiger partial charge in [-0.05, 0) is 59.3 Å². The number of benzene rings is 3. The maximum absolute atomic E-state index is 11.5. The van der Waals surface area contributed by atoms with Crippen LogP contribution in [-0.2, 0) is 20.2 Å². The molecule has 0 saturated heterocycles. The van der Waals surface area contributed by atoms with Crippen LogP contribution in [0.3, 0.4) is 0 Å². The molecule has 3 aromatic carbocycles. The zero-order valence-corrected chi connectivity index (χ0v) is 22.0. The van der Waals surface area contributed by atoms with Crippen LogP contribution in [0.5, 0.6) is 0 Å². The summed E-state index contributed by atoms with van der Waals surface area (Å²) in [6.45, 7) is 0. The largest absolute Gasteiger partial charge is 1.00 e. The van der Waals surface area contributed by atoms with Gasteiger partial charge >= 0.3 is 59.1 Å². The molecule has 0 spiro atoms. The van der Waals surface area contributed by atoms with Gasteiger partial charge in [0.2, 0.25) is 0 Å². The van der Waals surface area contributed by atoms with Crippen molar-refractivity contribution < 1.29 is 85.1 Å². The topological polar surface area (TPSA) is 151 Å². The summed E-state index contributed by atoms with van der Waals surface area (Å²) in [6, 6.07) is 12.7. The van der Waals surface area contributed by atoms with Gasteiger partial charge in [-0.3, -0.25) is 0 Å². The van der Waals surface area contributed by atoms with Crippen LogP contribution in [0.25, 0.3) is 10.8 Å². The van der Waals surface area contributed by atoms with Crippen molar-refractivity contribution in [3.05, 3.63) is 54.6 Å². The van der Waals surface area contributed by atoms with E-state index in [4.69, 9.17) is 0 Å². The van der Waals surface area contributed by atoms with Crippen molar-refractivity contribution in [3.8, 4) is 0 Å². The van der Waals surface area contributed by atoms with Crippen LogP contribution in [0.15, 0.2) is 74.6 Å². The van der Waals surface area contributed by atoms with Crippen molar-refractivity contribution in [1.29, 1.82) is 0 Å². The van der Waals surface area contributed by atoms with E-state index in [-0.39, 0.29) is 75.6 Å². The molecule has 0 amide bonds. The molecule has 0 aliphatic heterocycles. The Morgan fingerprint density at radius 1 is 0.767 bits per heavy atom. The standard InChI is InChI=1S/C17H15N3O6S2.2Na/c1-18-12-2-4-13(5-3-12)19-20-14-6-7-16-11(8-14)9-15(27(21,22)23)10-17(16)28(24,25)26;;/h2-10,18H,1H3,(H,21,22,23)(H,24,25,26);;/q;2*+1/p-2. The molecular weight excluding hydrogens is 452 g/mol. The summed E-state index contributed by atoms with van der Waals surface area (Å²) in [7, 11) is -8.19. The molecule has 0 unspecified atom stereocenters. The molecule has 146 valence electrons. The summed E-state index contributed by atoms with van der Waals surface area (Å²) < 4.78 is 68.3. The van der Waals surface area contributed by atoms with E-state index in [0.717, 1.165) is 11.8 Å². The molecule has 0 aliphatic carbocycles. The third-order valence-corrected chi connectivity index (χ3v) is 5.56. The van der Waals surface area contributed by atoms with Gasteiger partial charge in [-0.25, -0.2) is 16.8 Å². The second kappa shape index (κ2) is 10.6. The second-order valence-corrected chi connectivity index (χ2v) is 8.46. The zero-order chi connectivity index (χ0) is 20.5. The normalized spacial score (nSPS) is 11.7. The van der Waals surface area contributed by atoms with Crippen LogP contribution in [0.2, 0.25) is 0 Å². The molecule has 0 atom stereocenters. The third kappa shape index (κ3) is 6.57. The van der Waals surface area contributed by atoms with Gasteiger partial charge in [-0.1, -0.05) is 6.07 Å². The number of rotatable bonds is 5. The molecule has 0 heterocycles. The van der Waals surface area contributed by atoms with E-state index < -0.39 is 30.0 Å². The summed E-state index contributed by atoms with van der Waals surface area (Å²) in [6.07, 6.45) is 0. The second-order valence-electron chi connectivity index (χ2n) is 5.73. The average molecular weight is 465 g/mol. The van der Waals surface area contributed by atoms with Crippen molar-refractivity contribution in [2.45, 2.75) is 9.79 Å². The maximum Gasteiger partial charge on any atom is 1.00 e. The Bertz CT molecular complexity index is 1300. The number of hydrogen-bond acceptors (Lipinski definition) is 9. The van der Waals surface area contributed by atoms with Gasteiger partial charge in [0.15, 0.2) is 0 Å². The van der Waals surface area contributed by atoms with Gasteiger partial charge in [0.25, 0.3) is 0 Å². The predicted molar refractivity (Wildman–Crippen MR) is 100 cm³/mol. The van der Waals surface area contributed by atoms with Gasteiger partial charge in [0.05, 0.1) is 21.2 Å². The van der Waals surface area contributed by atoms with E-state index >= 15 is 0 Å². The minimum atomic E-state index is -5.00. The van der Waals surface area contributed by atoms with Crippen molar-refractivity contribution in [3.63, 3.8) is 0 Å². The number of hydrogen-bond donors (Lipinski definition) is 1. The molecule has 9 nitrogen and oxygen atoms in total. The molecule has 3 aromatic rings. The number of nitrogens with one attached hydrogen (secondary N) is 1. The summed E-state index contributed by atoms with van der Waals surface area (Å²) >= 11 is 0. The van der Waals surface area contributed by atoms with E-state index in [1.54, 1.807) is 31.3 Å². The van der Waals surface area contributed by atoms with Crippen LogP contribution in [0.1, 0.15) is 0 Å². The van der Waals surface area contributed by atoms with Crippen molar-refractivity contribution in [2.24, 2.45) is 10.2 Å². The molecule has 0 aliphatic rings. The van der Waals surface area contributed by atoms with E-state index in [0.29, 0.717) is 11.8 Å². The number of nitrogens with zero attached hydrogens (tertiary/aromatic N) is 2. The van der Waals surface area contributed by atoms with Crippen LogP contribution in [-0.4, -0.2) is 33.0 Å². The van der Waals surface area contributed by atoms with Gasteiger partial charge < -0.3 is 14.4 Å². The first-order valence-electron chi connectivity index (χ1n) is 7.77. The summed E-state index contributed by atoms with van der Waals surface area (Å²) in [5.74, 6) is 0. The zero-order valence-electron chi connectivity index (χ0n) is 16.4. The quantitative estimate of drug-likeness (QED) is 0.241. The fraction of sp³-hybridized carbons (Fsp3) is 0.0588. The Morgan fingerprint density at radius 2 is 1.33 bits per heavy atom. The minimum absolute atomic E-state index is 0. The van der Waals surface area contributed by atoms with E-state index in [1.165, 1.54) is 18.2 Å². The Kier molecular flexibility index (Phi) is 9.64. The van der Waals surface area contributed by atoms with E-state index in [1.807, 2.05) is 0 Å². The predicted octanol–water partition coefficient (Wildman–Crippen LogP) is -2.89. The maximum atomic E-state index is 11.5. The number of fused-ring (bicyclic) bond motifs is 1. The van der Waals surface area contributed by atoms with Crippen molar-refractivity contribution in [1.82, 2.24) is 0 Å². The Labute approximate surface area is 218 Å². The third-order valence-electron chi connectivity index (χ3n) is 3.87. The van der Waals surface area contributed by atoms with Gasteiger partial charge in [-0.15, -0.1) is 0 Å². The number of azo groups is 1. The van der Waals surface area contributed by atoms with Gasteiger partial charge in [-0.2, -0.15) is 10.2 Å². The first-order chi connectivity index (χ1) is 13.1. The van der Waals surface area contributed by atoms with Crippen LogP contribution < -0.4 is 64.4 Å². The molecule has 0 fully saturated rings. The fourth-order valence-corrected chi connectivity index (χ4v) is 3.85. The Hall–Kier alpha value is -0.860. The van der Waals surface area contributed by atoms with E-state index in [9.17, 15) is 25.9 Å². The van der Waals surface area contributed by atoms with Gasteiger partial charge in [0.1, 0.15) is 20.2 Å². The van der Waals surface area contributed by atoms with E-state index in [2.05, 4.69) is 15.5 Å². The van der Waals surface area contributed by atoms with Crippen molar-refractivity contribution in [2.75, 3.05) is 12.4 Å². The molecule has 0 radical (unpaired) electrons. The van der Waals surface area contributed by atoms with Crippen LogP contribution in [0, 0.1) is 0 Å². The summed E-state index contributed by atoms with van der Waals surface area (Å²) in [5, 5.41) is 11.1. The SMILES string of the molecule is CNc1ccc(N=Nc2ccc3c(S(=O)(=O)[O-])cc(S(=O)(=O)[O-])cc3c2)cc1.[Na+].[Na+]. The molecule has 30 heavy (non-hydrogen) atoms. The summed E-state index contributed by atoms with van der Waals surface area (Å²) in [4.78, 5) is -1.60. The first kappa shape index (κ1) is 27.2. The van der Waals surface area contributed by atoms with Crippen LogP contribution in [0.4, 0.5) is 17.1 Å². The van der Waals surface area contributed by atoms with Gasteiger partial charge in [0, 0.05) is 12.7 Å². The molecule has 1 N–H and O–H groups in total. The Balaban J connectivity index is 0.00000225. The monoisotopic (exact) mass is 465 g/mol. The molecule has 13 heteroatoms. The minimum Gasteiger partial charge on any atom is -0.744 e. The molecule has 3 rings (SSSR count). The fourth-order valence-electron chi connectivity index (χ4n) is 2.52. The number of anilines is 1. The molecular formula is C17H13N3Na2O6S2. The Morgan fingerprint density at radius 3 is 1.87 bits per heavy atom. The molecule has 0 bridgehead atoms. The summed E-state index contributed by atoms with van der Waals surface area (Å²) in [5.41, 5.74) is 1.72. The first-order valence-corrected chi connectivity index (χ1v) is 10.6. The average Bonchev–Trinajstić information content (AvgIpc) is 2.64. The molecule has 0 saturated carbocycles. The smallest absolute Gasteiger partial charge is 0.744 e. The van der Waals surface area contributed by atoms with Crippen LogP contribution >= 0.6 is 0 Å². The van der Waals surface area contributed by atoms with Crippen molar-refractivity contribution >= 4 is 48.1 Å². The molecule has 0 aromatic heterocycles.